The van der Waals surface area contributed by atoms with E-state index in [1.807, 2.05) is 6.07 Å². The highest BCUT2D eigenvalue weighted by Crippen LogP contribution is 2.25. The summed E-state index contributed by atoms with van der Waals surface area (Å²) >= 11 is 0. The Morgan fingerprint density at radius 2 is 2.26 bits per heavy atom. The molecule has 19 heavy (non-hydrogen) atoms. The predicted molar refractivity (Wildman–Crippen MR) is 77.6 cm³/mol. The third-order valence-electron chi connectivity index (χ3n) is 3.52. The molecule has 1 aromatic carbocycles. The fourth-order valence-corrected chi connectivity index (χ4v) is 2.41. The predicted octanol–water partition coefficient (Wildman–Crippen LogP) is 3.31. The zero-order valence-electron chi connectivity index (χ0n) is 12.0. The minimum absolute atomic E-state index is 0.289. The number of rotatable bonds is 7. The van der Waals surface area contributed by atoms with Crippen molar-refractivity contribution in [1.82, 2.24) is 5.32 Å². The fourth-order valence-electron chi connectivity index (χ4n) is 2.41. The molecule has 0 unspecified atom stereocenters. The first-order chi connectivity index (χ1) is 9.31. The Bertz CT molecular complexity index is 375. The van der Waals surface area contributed by atoms with Gasteiger partial charge in [-0.15, -0.1) is 0 Å². The molecule has 1 heterocycles. The number of ether oxygens (including phenoxy) is 2. The van der Waals surface area contributed by atoms with Crippen LogP contribution in [0.5, 0.6) is 5.75 Å². The second kappa shape index (κ2) is 7.51. The number of para-hydroxylation sites is 1. The van der Waals surface area contributed by atoms with Gasteiger partial charge in [-0.25, -0.2) is 0 Å². The molecule has 2 atom stereocenters. The van der Waals surface area contributed by atoms with Gasteiger partial charge < -0.3 is 14.8 Å². The number of nitrogens with one attached hydrogen (secondary N) is 1. The summed E-state index contributed by atoms with van der Waals surface area (Å²) in [6.45, 7) is 6.92. The first-order valence-electron chi connectivity index (χ1n) is 7.38. The number of hydrogen-bond donors (Lipinski definition) is 1. The Morgan fingerprint density at radius 1 is 1.42 bits per heavy atom. The summed E-state index contributed by atoms with van der Waals surface area (Å²) in [5.74, 6) is 0.997. The maximum atomic E-state index is 5.81. The van der Waals surface area contributed by atoms with Crippen LogP contribution < -0.4 is 10.1 Å². The van der Waals surface area contributed by atoms with E-state index in [-0.39, 0.29) is 6.04 Å². The smallest absolute Gasteiger partial charge is 0.124 e. The van der Waals surface area contributed by atoms with Crippen molar-refractivity contribution in [3.63, 3.8) is 0 Å². The van der Waals surface area contributed by atoms with Crippen LogP contribution in [0.1, 0.15) is 44.7 Å². The van der Waals surface area contributed by atoms with E-state index in [2.05, 4.69) is 37.4 Å². The third kappa shape index (κ3) is 4.22. The summed E-state index contributed by atoms with van der Waals surface area (Å²) in [7, 11) is 0. The molecule has 3 heteroatoms. The molecule has 1 saturated heterocycles. The van der Waals surface area contributed by atoms with Crippen molar-refractivity contribution in [2.24, 2.45) is 0 Å². The van der Waals surface area contributed by atoms with E-state index in [1.54, 1.807) is 0 Å². The highest BCUT2D eigenvalue weighted by molar-refractivity contribution is 5.35. The first kappa shape index (κ1) is 14.4. The molecule has 3 nitrogen and oxygen atoms in total. The Kier molecular flexibility index (Phi) is 5.67. The SMILES string of the molecule is CCCOc1ccccc1[C@H](C)NC[C@H]1CCCO1. The molecule has 0 radical (unpaired) electrons. The van der Waals surface area contributed by atoms with Crippen LogP contribution in [0, 0.1) is 0 Å². The summed E-state index contributed by atoms with van der Waals surface area (Å²) < 4.78 is 11.4. The van der Waals surface area contributed by atoms with Crippen LogP contribution in [0.4, 0.5) is 0 Å². The molecule has 1 aliphatic heterocycles. The lowest BCUT2D eigenvalue weighted by Crippen LogP contribution is -2.28. The molecule has 1 aliphatic rings. The maximum Gasteiger partial charge on any atom is 0.124 e. The van der Waals surface area contributed by atoms with Crippen molar-refractivity contribution in [3.05, 3.63) is 29.8 Å². The average molecular weight is 263 g/mol. The van der Waals surface area contributed by atoms with Crippen LogP contribution in [0.25, 0.3) is 0 Å². The van der Waals surface area contributed by atoms with Crippen molar-refractivity contribution in [3.8, 4) is 5.75 Å². The summed E-state index contributed by atoms with van der Waals surface area (Å²) in [4.78, 5) is 0. The van der Waals surface area contributed by atoms with Gasteiger partial charge in [0.25, 0.3) is 0 Å². The van der Waals surface area contributed by atoms with Crippen molar-refractivity contribution >= 4 is 0 Å². The lowest BCUT2D eigenvalue weighted by molar-refractivity contribution is 0.108. The van der Waals surface area contributed by atoms with Gasteiger partial charge in [0, 0.05) is 24.8 Å². The van der Waals surface area contributed by atoms with Gasteiger partial charge in [0.05, 0.1) is 12.7 Å². The molecular formula is C16H25NO2. The van der Waals surface area contributed by atoms with E-state index < -0.39 is 0 Å². The van der Waals surface area contributed by atoms with Gasteiger partial charge in [-0.2, -0.15) is 0 Å². The maximum absolute atomic E-state index is 5.81. The quantitative estimate of drug-likeness (QED) is 0.818. The van der Waals surface area contributed by atoms with Crippen molar-refractivity contribution in [1.29, 1.82) is 0 Å². The highest BCUT2D eigenvalue weighted by atomic mass is 16.5. The Balaban J connectivity index is 1.91. The topological polar surface area (TPSA) is 30.5 Å². The van der Waals surface area contributed by atoms with Gasteiger partial charge in [-0.1, -0.05) is 25.1 Å². The lowest BCUT2D eigenvalue weighted by atomic mass is 10.1. The van der Waals surface area contributed by atoms with E-state index >= 15 is 0 Å². The molecular weight excluding hydrogens is 238 g/mol. The summed E-state index contributed by atoms with van der Waals surface area (Å²) in [5.41, 5.74) is 1.23. The molecule has 1 aromatic rings. The fraction of sp³-hybridized carbons (Fsp3) is 0.625. The minimum atomic E-state index is 0.289. The van der Waals surface area contributed by atoms with Crippen LogP contribution in [0.2, 0.25) is 0 Å². The van der Waals surface area contributed by atoms with E-state index in [0.29, 0.717) is 6.10 Å². The molecule has 1 fully saturated rings. The van der Waals surface area contributed by atoms with Crippen LogP contribution in [0.15, 0.2) is 24.3 Å². The molecule has 0 saturated carbocycles. The van der Waals surface area contributed by atoms with Crippen LogP contribution in [0.3, 0.4) is 0 Å². The zero-order chi connectivity index (χ0) is 13.5. The summed E-state index contributed by atoms with van der Waals surface area (Å²) in [6, 6.07) is 8.57. The van der Waals surface area contributed by atoms with Crippen molar-refractivity contribution in [2.75, 3.05) is 19.8 Å². The third-order valence-corrected chi connectivity index (χ3v) is 3.52. The molecule has 0 bridgehead atoms. The number of hydrogen-bond acceptors (Lipinski definition) is 3. The van der Waals surface area contributed by atoms with Crippen LogP contribution in [-0.4, -0.2) is 25.9 Å². The Labute approximate surface area is 116 Å². The highest BCUT2D eigenvalue weighted by Gasteiger charge is 2.17. The van der Waals surface area contributed by atoms with E-state index in [9.17, 15) is 0 Å². The van der Waals surface area contributed by atoms with Gasteiger partial charge >= 0.3 is 0 Å². The van der Waals surface area contributed by atoms with Crippen molar-refractivity contribution in [2.45, 2.75) is 45.3 Å². The first-order valence-corrected chi connectivity index (χ1v) is 7.38. The van der Waals surface area contributed by atoms with E-state index in [0.717, 1.165) is 31.9 Å². The van der Waals surface area contributed by atoms with Crippen LogP contribution >= 0.6 is 0 Å². The number of benzene rings is 1. The van der Waals surface area contributed by atoms with Gasteiger partial charge in [0.15, 0.2) is 0 Å². The zero-order valence-corrected chi connectivity index (χ0v) is 12.0. The molecule has 0 spiro atoms. The van der Waals surface area contributed by atoms with Gasteiger partial charge in [-0.05, 0) is 32.3 Å². The van der Waals surface area contributed by atoms with Crippen molar-refractivity contribution < 1.29 is 9.47 Å². The van der Waals surface area contributed by atoms with Gasteiger partial charge in [-0.3, -0.25) is 0 Å². The summed E-state index contributed by atoms with van der Waals surface area (Å²) in [6.07, 6.45) is 3.78. The molecule has 1 N–H and O–H groups in total. The molecule has 0 aromatic heterocycles. The van der Waals surface area contributed by atoms with E-state index in [4.69, 9.17) is 9.47 Å². The van der Waals surface area contributed by atoms with Crippen LogP contribution in [-0.2, 0) is 4.74 Å². The molecule has 0 aliphatic carbocycles. The second-order valence-corrected chi connectivity index (χ2v) is 5.15. The molecule has 106 valence electrons. The Morgan fingerprint density at radius 3 is 3.00 bits per heavy atom. The van der Waals surface area contributed by atoms with Gasteiger partial charge in [0.2, 0.25) is 0 Å². The lowest BCUT2D eigenvalue weighted by Gasteiger charge is -2.20. The van der Waals surface area contributed by atoms with Gasteiger partial charge in [0.1, 0.15) is 5.75 Å². The normalized spacial score (nSPS) is 20.4. The minimum Gasteiger partial charge on any atom is -0.493 e. The largest absolute Gasteiger partial charge is 0.493 e. The second-order valence-electron chi connectivity index (χ2n) is 5.15. The molecule has 2 rings (SSSR count). The standard InChI is InChI=1S/C16H25NO2/c1-3-10-19-16-9-5-4-8-15(16)13(2)17-12-14-7-6-11-18-14/h4-5,8-9,13-14,17H,3,6-7,10-12H2,1-2H3/t13-,14+/m0/s1. The average Bonchev–Trinajstić information content (AvgIpc) is 2.96. The Hall–Kier alpha value is -1.06. The summed E-state index contributed by atoms with van der Waals surface area (Å²) in [5, 5.41) is 3.55. The molecule has 0 amide bonds. The monoisotopic (exact) mass is 263 g/mol. The van der Waals surface area contributed by atoms with E-state index in [1.165, 1.54) is 18.4 Å².